The van der Waals surface area contributed by atoms with Crippen LogP contribution in [-0.4, -0.2) is 66.4 Å². The number of benzene rings is 1. The summed E-state index contributed by atoms with van der Waals surface area (Å²) in [7, 11) is 0. The van der Waals surface area contributed by atoms with Crippen molar-refractivity contribution < 1.29 is 19.5 Å². The number of thiocarbonyl (C=S) groups is 1. The van der Waals surface area contributed by atoms with E-state index in [-0.39, 0.29) is 5.70 Å². The second kappa shape index (κ2) is 10.2. The fourth-order valence-electron chi connectivity index (χ4n) is 3.55. The van der Waals surface area contributed by atoms with E-state index < -0.39 is 35.2 Å². The molecule has 2 amide bonds. The van der Waals surface area contributed by atoms with E-state index in [1.54, 1.807) is 24.3 Å². The van der Waals surface area contributed by atoms with Gasteiger partial charge in [0, 0.05) is 11.5 Å². The number of carbonyl (C=O) groups is 3. The Morgan fingerprint density at radius 2 is 2.12 bits per heavy atom. The van der Waals surface area contributed by atoms with E-state index in [0.717, 1.165) is 9.35 Å². The fourth-order valence-corrected chi connectivity index (χ4v) is 6.99. The molecule has 2 aliphatic rings. The van der Waals surface area contributed by atoms with E-state index >= 15 is 0 Å². The molecule has 1 aromatic carbocycles. The van der Waals surface area contributed by atoms with Crippen molar-refractivity contribution in [3.05, 3.63) is 52.2 Å². The molecule has 0 aliphatic carbocycles. The summed E-state index contributed by atoms with van der Waals surface area (Å²) in [6.45, 7) is 1.85. The number of thioether (sulfide) groups is 2. The molecule has 0 bridgehead atoms. The lowest BCUT2D eigenvalue weighted by Gasteiger charge is -2.49. The quantitative estimate of drug-likeness (QED) is 0.256. The number of hydrogen-bond donors (Lipinski definition) is 3. The van der Waals surface area contributed by atoms with Crippen LogP contribution in [0.4, 0.5) is 0 Å². The third-order valence-corrected chi connectivity index (χ3v) is 8.59. The highest BCUT2D eigenvalue weighted by Gasteiger charge is 2.54. The Balaban J connectivity index is 1.47. The number of carbonyl (C=O) groups excluding carboxylic acids is 2. The summed E-state index contributed by atoms with van der Waals surface area (Å²) in [5.41, 5.74) is 2.59. The zero-order chi connectivity index (χ0) is 23.5. The smallest absolute Gasteiger partial charge is 0.352 e. The number of carboxylic acid groups (broad SMARTS) is 1. The predicted octanol–water partition coefficient (Wildman–Crippen LogP) is 1.97. The Morgan fingerprint density at radius 1 is 1.36 bits per heavy atom. The second-order valence-corrected chi connectivity index (χ2v) is 10.9. The van der Waals surface area contributed by atoms with Crippen LogP contribution in [0.25, 0.3) is 0 Å². The summed E-state index contributed by atoms with van der Waals surface area (Å²) in [5.74, 6) is -1.18. The van der Waals surface area contributed by atoms with Gasteiger partial charge in [-0.25, -0.2) is 4.79 Å². The molecule has 3 atom stereocenters. The molecule has 9 nitrogen and oxygen atoms in total. The highest BCUT2D eigenvalue weighted by atomic mass is 32.2. The molecule has 13 heteroatoms. The third-order valence-electron chi connectivity index (χ3n) is 5.05. The number of amides is 2. The van der Waals surface area contributed by atoms with Crippen LogP contribution in [0.2, 0.25) is 0 Å². The van der Waals surface area contributed by atoms with Crippen molar-refractivity contribution in [2.75, 3.05) is 11.5 Å². The molecule has 0 saturated carbocycles. The van der Waals surface area contributed by atoms with E-state index in [0.29, 0.717) is 22.6 Å². The van der Waals surface area contributed by atoms with Gasteiger partial charge in [0.1, 0.15) is 28.2 Å². The molecule has 2 aliphatic heterocycles. The number of aromatic nitrogens is 2. The first-order valence-corrected chi connectivity index (χ1v) is 13.1. The topological polar surface area (TPSA) is 125 Å². The van der Waals surface area contributed by atoms with Crippen molar-refractivity contribution in [2.24, 2.45) is 0 Å². The number of aryl methyl sites for hydroxylation is 1. The molecule has 172 valence electrons. The van der Waals surface area contributed by atoms with Gasteiger partial charge < -0.3 is 15.7 Å². The van der Waals surface area contributed by atoms with Crippen LogP contribution < -0.4 is 10.6 Å². The number of hydrogen-bond acceptors (Lipinski definition) is 9. The fraction of sp³-hybridized carbons (Fsp3) is 0.300. The number of carboxylic acids is 1. The minimum absolute atomic E-state index is 0.0142. The molecule has 3 N–H and O–H groups in total. The van der Waals surface area contributed by atoms with Gasteiger partial charge in [0.15, 0.2) is 4.34 Å². The van der Waals surface area contributed by atoms with Crippen molar-refractivity contribution >= 4 is 70.4 Å². The first kappa shape index (κ1) is 23.7. The highest BCUT2D eigenvalue weighted by Crippen LogP contribution is 2.42. The predicted molar refractivity (Wildman–Crippen MR) is 131 cm³/mol. The number of fused-ring (bicyclic) bond motifs is 1. The van der Waals surface area contributed by atoms with Crippen LogP contribution in [-0.2, 0) is 14.4 Å². The first-order chi connectivity index (χ1) is 15.9. The largest absolute Gasteiger partial charge is 0.477 e. The summed E-state index contributed by atoms with van der Waals surface area (Å²) >= 11 is 9.12. The number of β-lactam (4-membered cyclic amide) rings is 1. The minimum atomic E-state index is -1.16. The van der Waals surface area contributed by atoms with E-state index in [9.17, 15) is 19.5 Å². The number of nitrogens with zero attached hydrogens (tertiary/aromatic N) is 3. The highest BCUT2D eigenvalue weighted by molar-refractivity contribution is 8.01. The van der Waals surface area contributed by atoms with Crippen molar-refractivity contribution in [1.29, 1.82) is 0 Å². The van der Waals surface area contributed by atoms with Crippen molar-refractivity contribution in [3.8, 4) is 0 Å². The maximum atomic E-state index is 12.9. The number of aliphatic carboxylic acids is 1. The second-order valence-electron chi connectivity index (χ2n) is 7.16. The summed E-state index contributed by atoms with van der Waals surface area (Å²) in [6, 6.07) is 7.46. The maximum absolute atomic E-state index is 12.9. The molecule has 1 aromatic heterocycles. The van der Waals surface area contributed by atoms with Gasteiger partial charge in [0.05, 0.1) is 5.49 Å². The van der Waals surface area contributed by atoms with Crippen molar-refractivity contribution in [1.82, 2.24) is 25.7 Å². The van der Waals surface area contributed by atoms with Gasteiger partial charge in [-0.2, -0.15) is 0 Å². The SMILES string of the molecule is Cc1nnc(SCC2=C(C(=O)O)N3C(=O)C(NC(=O)[C@H](NC=S)c4ccccc4)C3SC2)s1. The Morgan fingerprint density at radius 3 is 2.76 bits per heavy atom. The van der Waals surface area contributed by atoms with Crippen LogP contribution in [0.15, 0.2) is 45.9 Å². The summed E-state index contributed by atoms with van der Waals surface area (Å²) in [4.78, 5) is 39.1. The summed E-state index contributed by atoms with van der Waals surface area (Å²) < 4.78 is 0.745. The Kier molecular flexibility index (Phi) is 7.32. The molecule has 0 radical (unpaired) electrons. The molecule has 3 heterocycles. The number of nitrogens with one attached hydrogen (secondary N) is 2. The van der Waals surface area contributed by atoms with Crippen LogP contribution in [0, 0.1) is 6.92 Å². The lowest BCUT2D eigenvalue weighted by atomic mass is 10.0. The Labute approximate surface area is 207 Å². The zero-order valence-corrected chi connectivity index (χ0v) is 20.5. The Hall–Kier alpha value is -2.48. The molecular weight excluding hydrogens is 503 g/mol. The van der Waals surface area contributed by atoms with Gasteiger partial charge in [-0.05, 0) is 18.1 Å². The Bertz CT molecular complexity index is 1120. The van der Waals surface area contributed by atoms with Gasteiger partial charge in [0.25, 0.3) is 5.91 Å². The van der Waals surface area contributed by atoms with Crippen LogP contribution in [0.1, 0.15) is 16.6 Å². The minimum Gasteiger partial charge on any atom is -0.477 e. The van der Waals surface area contributed by atoms with E-state index in [1.807, 2.05) is 13.0 Å². The normalized spacial score (nSPS) is 20.5. The summed E-state index contributed by atoms with van der Waals surface area (Å²) in [5, 5.41) is 23.8. The van der Waals surface area contributed by atoms with E-state index in [4.69, 9.17) is 12.2 Å². The molecule has 1 fully saturated rings. The van der Waals surface area contributed by atoms with Crippen LogP contribution in [0.5, 0.6) is 0 Å². The van der Waals surface area contributed by atoms with Gasteiger partial charge >= 0.3 is 5.97 Å². The molecule has 1 saturated heterocycles. The number of rotatable bonds is 9. The summed E-state index contributed by atoms with van der Waals surface area (Å²) in [6.07, 6.45) is 0. The third kappa shape index (κ3) is 4.90. The van der Waals surface area contributed by atoms with Gasteiger partial charge in [-0.1, -0.05) is 65.6 Å². The van der Waals surface area contributed by atoms with E-state index in [1.165, 1.54) is 45.3 Å². The van der Waals surface area contributed by atoms with Crippen LogP contribution in [0.3, 0.4) is 0 Å². The van der Waals surface area contributed by atoms with Gasteiger partial charge in [0.2, 0.25) is 5.91 Å². The molecule has 4 rings (SSSR count). The molecule has 0 spiro atoms. The van der Waals surface area contributed by atoms with Crippen molar-refractivity contribution in [2.45, 2.75) is 28.7 Å². The lowest BCUT2D eigenvalue weighted by molar-refractivity contribution is -0.150. The zero-order valence-electron chi connectivity index (χ0n) is 17.3. The van der Waals surface area contributed by atoms with Crippen LogP contribution >= 0.6 is 47.1 Å². The molecule has 2 aromatic rings. The van der Waals surface area contributed by atoms with Gasteiger partial charge in [-0.3, -0.25) is 14.5 Å². The lowest BCUT2D eigenvalue weighted by Crippen LogP contribution is -2.71. The van der Waals surface area contributed by atoms with Gasteiger partial charge in [-0.15, -0.1) is 22.0 Å². The average molecular weight is 522 g/mol. The average Bonchev–Trinajstić information content (AvgIpc) is 3.24. The van der Waals surface area contributed by atoms with E-state index in [2.05, 4.69) is 20.8 Å². The van der Waals surface area contributed by atoms with Crippen molar-refractivity contribution in [3.63, 3.8) is 0 Å². The molecule has 2 unspecified atom stereocenters. The molecule has 33 heavy (non-hydrogen) atoms. The molecular formula is C20H19N5O4S4. The standard InChI is InChI=1S/C20H19N5O4S4/c1-10-23-24-20(33-10)32-8-12-7-31-18-14(17(27)25(18)15(12)19(28)29)22-16(26)13(21-9-30)11-5-3-2-4-6-11/h2-6,9,13-14,18H,7-8H2,1H3,(H,21,30)(H,22,26)(H,28,29)/t13-,14?,18?/m1/s1. The maximum Gasteiger partial charge on any atom is 0.352 e. The first-order valence-electron chi connectivity index (χ1n) is 9.78. The monoisotopic (exact) mass is 521 g/mol.